The molecule has 8 bridgehead atoms. The highest BCUT2D eigenvalue weighted by atomic mass is 19.4. The van der Waals surface area contributed by atoms with E-state index < -0.39 is 129 Å². The molecule has 0 radical (unpaired) electrons. The highest BCUT2D eigenvalue weighted by Gasteiger charge is 2.83. The van der Waals surface area contributed by atoms with Crippen molar-refractivity contribution in [2.45, 2.75) is 427 Å². The number of hydrogen-bond donors (Lipinski definition) is 3. The van der Waals surface area contributed by atoms with Gasteiger partial charge in [0.1, 0.15) is 23.4 Å². The number of cyclic esters (lactones) is 1. The molecule has 11 aliphatic carbocycles. The average molecular weight is 1730 g/mol. The normalized spacial score (nSPS) is 29.7. The second kappa shape index (κ2) is 36.4. The van der Waals surface area contributed by atoms with Gasteiger partial charge in [-0.3, -0.25) is 28.8 Å². The van der Waals surface area contributed by atoms with Crippen LogP contribution in [0.3, 0.4) is 0 Å². The fourth-order valence-electron chi connectivity index (χ4n) is 20.3. The Morgan fingerprint density at radius 1 is 0.437 bits per heavy atom. The Balaban J connectivity index is 0.000000223. The molecule has 1 saturated heterocycles. The molecule has 0 spiro atoms. The Labute approximate surface area is 698 Å². The number of rotatable bonds is 22. The quantitative estimate of drug-likeness (QED) is 0.0395. The highest BCUT2D eigenvalue weighted by Crippen LogP contribution is 2.71. The standard InChI is InChI=1S/C20H32O2.C16H26O3.2C14H20F6O3.C14H26O2.C12H20O4/c1-5-19(3,4)18(21)22-20(6-2)11-14-10-15(20)17-13-8-7-12(9-13)16(14)17;1-4-14(2,3)13(17)19-16-8-11-5-12(9-16)7-15(18,6-11)10-16;2*1-4-10(2,3)9(21)23-11(7-5-6-8-11)12(22,13(15,16)17)14(18,19)20;1-6-13(4,5)12(15)16-14(11(2)3)9-7-8-10-14;1-6-11(2,3)10(14)16-8-9(13)15-7-12(8,4)5/h12-17H,5-11H2,1-4H3;11-12,18H,4-10H2,1-3H3;2*22H,4-8H2,1-3H3;11H,6-10H2,1-5H3;8H,6-7H2,1-5H3. The number of carbonyl (C=O) groups is 7. The van der Waals surface area contributed by atoms with Gasteiger partial charge in [0, 0.05) is 17.8 Å². The third-order valence-corrected chi connectivity index (χ3v) is 30.6. The van der Waals surface area contributed by atoms with Crippen LogP contribution in [0, 0.1) is 91.2 Å². The van der Waals surface area contributed by atoms with Gasteiger partial charge in [-0.1, -0.05) is 76.2 Å². The maximum Gasteiger partial charge on any atom is 0.430 e. The van der Waals surface area contributed by atoms with Gasteiger partial charge in [0.25, 0.3) is 11.2 Å². The lowest BCUT2D eigenvalue weighted by Crippen LogP contribution is -2.71. The summed E-state index contributed by atoms with van der Waals surface area (Å²) in [5.74, 6) is 3.68. The van der Waals surface area contributed by atoms with Gasteiger partial charge >= 0.3 is 66.5 Å². The van der Waals surface area contributed by atoms with Gasteiger partial charge in [0.15, 0.2) is 11.2 Å². The summed E-state index contributed by atoms with van der Waals surface area (Å²) in [5.41, 5.74) is -22.1. The third-order valence-electron chi connectivity index (χ3n) is 30.6. The van der Waals surface area contributed by atoms with Crippen molar-refractivity contribution in [2.75, 3.05) is 6.61 Å². The molecule has 12 fully saturated rings. The van der Waals surface area contributed by atoms with Crippen LogP contribution >= 0.6 is 0 Å². The first kappa shape index (κ1) is 103. The van der Waals surface area contributed by atoms with E-state index in [9.17, 15) is 102 Å². The summed E-state index contributed by atoms with van der Waals surface area (Å²) in [4.78, 5) is 84.7. The third kappa shape index (κ3) is 21.0. The summed E-state index contributed by atoms with van der Waals surface area (Å²) < 4.78 is 196. The molecule has 12 aliphatic rings. The van der Waals surface area contributed by atoms with Crippen LogP contribution in [-0.2, 0) is 66.7 Å². The zero-order chi connectivity index (χ0) is 91.2. The van der Waals surface area contributed by atoms with E-state index in [1.54, 1.807) is 13.8 Å². The smallest absolute Gasteiger partial charge is 0.430 e. The summed E-state index contributed by atoms with van der Waals surface area (Å²) in [6.45, 7) is 42.7. The number of carbonyl (C=O) groups excluding carboxylic acids is 7. The van der Waals surface area contributed by atoms with Crippen molar-refractivity contribution in [1.82, 2.24) is 0 Å². The van der Waals surface area contributed by atoms with Crippen LogP contribution in [0.2, 0.25) is 0 Å². The Hall–Kier alpha value is -4.67. The largest absolute Gasteiger partial charge is 0.462 e. The molecule has 0 aromatic heterocycles. The lowest BCUT2D eigenvalue weighted by molar-refractivity contribution is -0.413. The molecule has 3 N–H and O–H groups in total. The molecule has 0 aromatic rings. The lowest BCUT2D eigenvalue weighted by atomic mass is 9.52. The number of aliphatic hydroxyl groups is 3. The number of alkyl halides is 12. The van der Waals surface area contributed by atoms with E-state index in [2.05, 4.69) is 27.7 Å². The molecule has 10 unspecified atom stereocenters. The number of halogens is 12. The van der Waals surface area contributed by atoms with Crippen molar-refractivity contribution in [1.29, 1.82) is 0 Å². The van der Waals surface area contributed by atoms with Gasteiger partial charge in [-0.05, 0) is 317 Å². The molecule has 690 valence electrons. The topological polar surface area (TPSA) is 245 Å². The van der Waals surface area contributed by atoms with Crippen LogP contribution < -0.4 is 0 Å². The van der Waals surface area contributed by atoms with Crippen molar-refractivity contribution in [3.8, 4) is 0 Å². The molecular formula is C90H144F12O17. The molecule has 1 heterocycles. The Kier molecular flexibility index (Phi) is 31.5. The summed E-state index contributed by atoms with van der Waals surface area (Å²) >= 11 is 0. The number of hydrogen-bond acceptors (Lipinski definition) is 17. The van der Waals surface area contributed by atoms with E-state index in [1.165, 1.54) is 72.6 Å². The fourth-order valence-corrected chi connectivity index (χ4v) is 20.3. The summed E-state index contributed by atoms with van der Waals surface area (Å²) in [6, 6.07) is 0. The van der Waals surface area contributed by atoms with E-state index in [0.29, 0.717) is 43.1 Å². The van der Waals surface area contributed by atoms with Gasteiger partial charge in [0.05, 0.1) is 38.1 Å². The Bertz CT molecular complexity index is 3370. The number of fused-ring (bicyclic) bond motifs is 9. The van der Waals surface area contributed by atoms with E-state index >= 15 is 0 Å². The molecule has 17 nitrogen and oxygen atoms in total. The minimum absolute atomic E-state index is 0.00565. The summed E-state index contributed by atoms with van der Waals surface area (Å²) in [7, 11) is 0. The van der Waals surface area contributed by atoms with Gasteiger partial charge in [-0.25, -0.2) is 4.79 Å². The maximum atomic E-state index is 13.2. The first-order chi connectivity index (χ1) is 54.0. The molecule has 1 aliphatic heterocycles. The van der Waals surface area contributed by atoms with Crippen LogP contribution in [0.15, 0.2) is 0 Å². The zero-order valence-electron chi connectivity index (χ0n) is 75.3. The minimum Gasteiger partial charge on any atom is -0.462 e. The van der Waals surface area contributed by atoms with Crippen molar-refractivity contribution in [3.63, 3.8) is 0 Å². The first-order valence-electron chi connectivity index (χ1n) is 44.0. The van der Waals surface area contributed by atoms with Crippen molar-refractivity contribution >= 4 is 41.8 Å². The van der Waals surface area contributed by atoms with Gasteiger partial charge in [0.2, 0.25) is 6.10 Å². The molecule has 12 rings (SSSR count). The maximum absolute atomic E-state index is 13.2. The Morgan fingerprint density at radius 3 is 1.10 bits per heavy atom. The molecule has 0 amide bonds. The number of ether oxygens (including phenoxy) is 7. The van der Waals surface area contributed by atoms with Crippen LogP contribution in [0.4, 0.5) is 52.7 Å². The van der Waals surface area contributed by atoms with E-state index in [-0.39, 0.29) is 90.0 Å². The second-order valence-electron chi connectivity index (χ2n) is 42.1. The van der Waals surface area contributed by atoms with E-state index in [0.717, 1.165) is 100 Å². The predicted molar refractivity (Wildman–Crippen MR) is 421 cm³/mol. The minimum atomic E-state index is -6.02. The van der Waals surface area contributed by atoms with Crippen LogP contribution in [0.1, 0.15) is 352 Å². The van der Waals surface area contributed by atoms with E-state index in [4.69, 9.17) is 33.2 Å². The predicted octanol–water partition coefficient (Wildman–Crippen LogP) is 22.0. The van der Waals surface area contributed by atoms with Crippen LogP contribution in [0.5, 0.6) is 0 Å². The summed E-state index contributed by atoms with van der Waals surface area (Å²) in [5, 5.41) is 30.0. The SMILES string of the molecule is CCC(C)(C)C(=O)OC1(C(C)C)CCCC1.CCC(C)(C)C(=O)OC1(C(O)(C(F)(F)F)C(F)(F)F)CCCC1.CCC(C)(C)C(=O)OC1(C(O)(C(F)(F)F)C(F)(F)F)CCCC1.CCC(C)(C)C(=O)OC1(CC)CC2CC1C1C3CCC(C3)C21.CCC(C)(C)C(=O)OC12CC3CC(CC(O)(C3)C1)C2.CCC(C)(C)C(=O)OC1C(=O)OCC1(C)C. The molecule has 0 aromatic carbocycles. The number of esters is 7. The van der Waals surface area contributed by atoms with Crippen LogP contribution in [0.25, 0.3) is 0 Å². The molecule has 11 saturated carbocycles. The Morgan fingerprint density at radius 2 is 0.773 bits per heavy atom. The molecule has 10 atom stereocenters. The fraction of sp³-hybridized carbons (Fsp3) is 0.922. The second-order valence-corrected chi connectivity index (χ2v) is 42.1. The van der Waals surface area contributed by atoms with Crippen molar-refractivity contribution < 1.29 is 135 Å². The van der Waals surface area contributed by atoms with Gasteiger partial charge in [-0.2, -0.15) is 52.7 Å². The highest BCUT2D eigenvalue weighted by molar-refractivity contribution is 5.84. The van der Waals surface area contributed by atoms with Crippen molar-refractivity contribution in [3.05, 3.63) is 0 Å². The van der Waals surface area contributed by atoms with Gasteiger partial charge < -0.3 is 48.5 Å². The van der Waals surface area contributed by atoms with Crippen LogP contribution in [-0.4, -0.2) is 139 Å². The molecule has 29 heteroatoms. The average Bonchev–Trinajstić information content (AvgIpc) is 1.55. The molecule has 119 heavy (non-hydrogen) atoms. The van der Waals surface area contributed by atoms with E-state index in [1.807, 2.05) is 90.0 Å². The van der Waals surface area contributed by atoms with Gasteiger partial charge in [-0.15, -0.1) is 0 Å². The monoisotopic (exact) mass is 1730 g/mol. The first-order valence-corrected chi connectivity index (χ1v) is 44.0. The summed E-state index contributed by atoms with van der Waals surface area (Å²) in [6.07, 6.45) is -6.15. The van der Waals surface area contributed by atoms with Crippen molar-refractivity contribution in [2.24, 2.45) is 91.2 Å². The zero-order valence-corrected chi connectivity index (χ0v) is 75.3. The molecular weight excluding hydrogens is 1580 g/mol. The lowest BCUT2D eigenvalue weighted by Gasteiger charge is -2.59.